The van der Waals surface area contributed by atoms with Crippen LogP contribution in [-0.4, -0.2) is 29.6 Å². The number of carbonyl (C=O) groups is 2. The summed E-state index contributed by atoms with van der Waals surface area (Å²) in [7, 11) is 0. The Morgan fingerprint density at radius 2 is 1.48 bits per heavy atom. The first-order chi connectivity index (χ1) is 11.1. The minimum atomic E-state index is -0.968. The van der Waals surface area contributed by atoms with Gasteiger partial charge in [0.25, 0.3) is 0 Å². The van der Waals surface area contributed by atoms with Crippen LogP contribution in [0.5, 0.6) is 0 Å². The van der Waals surface area contributed by atoms with Crippen molar-refractivity contribution < 1.29 is 14.7 Å². The predicted octanol–water partition coefficient (Wildman–Crippen LogP) is 1.59. The third-order valence-corrected chi connectivity index (χ3v) is 3.42. The van der Waals surface area contributed by atoms with Crippen LogP contribution < -0.4 is 10.6 Å². The highest BCUT2D eigenvalue weighted by atomic mass is 16.4. The monoisotopic (exact) mass is 312 g/mol. The number of carboxylic acid groups (broad SMARTS) is 1. The molecule has 3 N–H and O–H groups in total. The molecule has 0 unspecified atom stereocenters. The Balaban J connectivity index is 1.79. The molecule has 1 atom stereocenters. The van der Waals surface area contributed by atoms with Crippen molar-refractivity contribution in [3.05, 3.63) is 71.8 Å². The molecule has 0 aliphatic carbocycles. The second kappa shape index (κ2) is 8.70. The van der Waals surface area contributed by atoms with Crippen molar-refractivity contribution >= 4 is 11.9 Å². The van der Waals surface area contributed by atoms with Crippen LogP contribution in [0.1, 0.15) is 11.1 Å². The molecule has 5 nitrogen and oxygen atoms in total. The van der Waals surface area contributed by atoms with E-state index >= 15 is 0 Å². The van der Waals surface area contributed by atoms with Crippen molar-refractivity contribution in [3.63, 3.8) is 0 Å². The van der Waals surface area contributed by atoms with Gasteiger partial charge in [0.1, 0.15) is 6.04 Å². The summed E-state index contributed by atoms with van der Waals surface area (Å²) in [6.45, 7) is 0.397. The Morgan fingerprint density at radius 1 is 0.913 bits per heavy atom. The summed E-state index contributed by atoms with van der Waals surface area (Å²) in [6, 6.07) is 18.1. The zero-order valence-corrected chi connectivity index (χ0v) is 12.7. The molecular weight excluding hydrogens is 292 g/mol. The van der Waals surface area contributed by atoms with Gasteiger partial charge >= 0.3 is 5.97 Å². The minimum absolute atomic E-state index is 0.0311. The summed E-state index contributed by atoms with van der Waals surface area (Å²) in [5.41, 5.74) is 1.91. The van der Waals surface area contributed by atoms with Crippen LogP contribution in [0.3, 0.4) is 0 Å². The van der Waals surface area contributed by atoms with Gasteiger partial charge in [0.2, 0.25) is 5.91 Å². The predicted molar refractivity (Wildman–Crippen MR) is 87.9 cm³/mol. The first kappa shape index (κ1) is 16.7. The van der Waals surface area contributed by atoms with Crippen LogP contribution in [0.25, 0.3) is 0 Å². The van der Waals surface area contributed by atoms with E-state index in [-0.39, 0.29) is 12.5 Å². The second-order valence-corrected chi connectivity index (χ2v) is 5.22. The Hall–Kier alpha value is -2.66. The molecule has 120 valence electrons. The van der Waals surface area contributed by atoms with Gasteiger partial charge in [-0.3, -0.25) is 14.9 Å². The van der Waals surface area contributed by atoms with Gasteiger partial charge in [-0.15, -0.1) is 0 Å². The Bertz CT molecular complexity index is 629. The van der Waals surface area contributed by atoms with Crippen LogP contribution in [0, 0.1) is 0 Å². The SMILES string of the molecule is O=C(CN[C@@H](Cc1ccccc1)C(=O)O)NCc1ccccc1. The molecule has 5 heteroatoms. The lowest BCUT2D eigenvalue weighted by Crippen LogP contribution is -2.44. The van der Waals surface area contributed by atoms with E-state index in [1.165, 1.54) is 0 Å². The summed E-state index contributed by atoms with van der Waals surface area (Å²) in [4.78, 5) is 23.1. The van der Waals surface area contributed by atoms with Gasteiger partial charge in [-0.1, -0.05) is 60.7 Å². The van der Waals surface area contributed by atoms with Crippen LogP contribution in [0.4, 0.5) is 0 Å². The normalized spacial score (nSPS) is 11.7. The van der Waals surface area contributed by atoms with E-state index in [4.69, 9.17) is 0 Å². The van der Waals surface area contributed by atoms with E-state index in [1.807, 2.05) is 60.7 Å². The van der Waals surface area contributed by atoms with E-state index in [9.17, 15) is 14.7 Å². The molecular formula is C18H20N2O3. The molecule has 23 heavy (non-hydrogen) atoms. The topological polar surface area (TPSA) is 78.4 Å². The van der Waals surface area contributed by atoms with E-state index in [0.29, 0.717) is 13.0 Å². The van der Waals surface area contributed by atoms with Crippen LogP contribution >= 0.6 is 0 Å². The van der Waals surface area contributed by atoms with Gasteiger partial charge < -0.3 is 10.4 Å². The zero-order valence-electron chi connectivity index (χ0n) is 12.7. The maximum absolute atomic E-state index is 11.8. The van der Waals surface area contributed by atoms with Crippen LogP contribution in [0.2, 0.25) is 0 Å². The number of benzene rings is 2. The second-order valence-electron chi connectivity index (χ2n) is 5.22. The van der Waals surface area contributed by atoms with Crippen molar-refractivity contribution in [2.24, 2.45) is 0 Å². The van der Waals surface area contributed by atoms with Crippen molar-refractivity contribution in [1.29, 1.82) is 0 Å². The number of nitrogens with one attached hydrogen (secondary N) is 2. The van der Waals surface area contributed by atoms with Crippen molar-refractivity contribution in [1.82, 2.24) is 10.6 Å². The molecule has 0 bridgehead atoms. The van der Waals surface area contributed by atoms with Gasteiger partial charge in [-0.2, -0.15) is 0 Å². The van der Waals surface area contributed by atoms with Gasteiger partial charge in [0.15, 0.2) is 0 Å². The number of rotatable bonds is 8. The summed E-state index contributed by atoms with van der Waals surface area (Å²) < 4.78 is 0. The number of hydrogen-bond acceptors (Lipinski definition) is 3. The number of carbonyl (C=O) groups excluding carboxylic acids is 1. The number of amides is 1. The molecule has 0 saturated carbocycles. The first-order valence-corrected chi connectivity index (χ1v) is 7.46. The molecule has 0 fully saturated rings. The van der Waals surface area contributed by atoms with Crippen LogP contribution in [0.15, 0.2) is 60.7 Å². The lowest BCUT2D eigenvalue weighted by Gasteiger charge is -2.14. The number of hydrogen-bond donors (Lipinski definition) is 3. The largest absolute Gasteiger partial charge is 0.480 e. The fourth-order valence-corrected chi connectivity index (χ4v) is 2.17. The van der Waals surface area contributed by atoms with E-state index in [0.717, 1.165) is 11.1 Å². The summed E-state index contributed by atoms with van der Waals surface area (Å²) in [5.74, 6) is -1.20. The van der Waals surface area contributed by atoms with Crippen LogP contribution in [-0.2, 0) is 22.6 Å². The first-order valence-electron chi connectivity index (χ1n) is 7.46. The molecule has 0 saturated heterocycles. The average Bonchev–Trinajstić information content (AvgIpc) is 2.58. The third-order valence-electron chi connectivity index (χ3n) is 3.42. The van der Waals surface area contributed by atoms with E-state index in [2.05, 4.69) is 10.6 Å². The molecule has 0 aromatic heterocycles. The highest BCUT2D eigenvalue weighted by Gasteiger charge is 2.18. The van der Waals surface area contributed by atoms with Gasteiger partial charge in [-0.25, -0.2) is 0 Å². The minimum Gasteiger partial charge on any atom is -0.480 e. The molecule has 0 aliphatic heterocycles. The standard InChI is InChI=1S/C18H20N2O3/c21-17(20-12-15-9-5-2-6-10-15)13-19-16(18(22)23)11-14-7-3-1-4-8-14/h1-10,16,19H,11-13H2,(H,20,21)(H,22,23)/t16-/m0/s1. The summed E-state index contributed by atoms with van der Waals surface area (Å²) in [5, 5.41) is 14.8. The van der Waals surface area contributed by atoms with Crippen molar-refractivity contribution in [3.8, 4) is 0 Å². The quantitative estimate of drug-likeness (QED) is 0.692. The Kier molecular flexibility index (Phi) is 6.32. The Morgan fingerprint density at radius 3 is 2.04 bits per heavy atom. The lowest BCUT2D eigenvalue weighted by molar-refractivity contribution is -0.139. The highest BCUT2D eigenvalue weighted by molar-refractivity contribution is 5.80. The van der Waals surface area contributed by atoms with Gasteiger partial charge in [-0.05, 0) is 17.5 Å². The van der Waals surface area contributed by atoms with Gasteiger partial charge in [0.05, 0.1) is 6.54 Å². The van der Waals surface area contributed by atoms with Crippen molar-refractivity contribution in [2.45, 2.75) is 19.0 Å². The lowest BCUT2D eigenvalue weighted by atomic mass is 10.1. The molecule has 2 rings (SSSR count). The molecule has 0 aliphatic rings. The average molecular weight is 312 g/mol. The van der Waals surface area contributed by atoms with Crippen molar-refractivity contribution in [2.75, 3.05) is 6.54 Å². The summed E-state index contributed by atoms with van der Waals surface area (Å²) >= 11 is 0. The zero-order chi connectivity index (χ0) is 16.5. The molecule has 0 spiro atoms. The molecule has 0 radical (unpaired) electrons. The molecule has 2 aromatic rings. The van der Waals surface area contributed by atoms with E-state index in [1.54, 1.807) is 0 Å². The van der Waals surface area contributed by atoms with Gasteiger partial charge in [0, 0.05) is 6.54 Å². The summed E-state index contributed by atoms with van der Waals surface area (Å²) in [6.07, 6.45) is 0.335. The molecule has 0 heterocycles. The number of carboxylic acids is 1. The molecule has 1 amide bonds. The maximum Gasteiger partial charge on any atom is 0.321 e. The smallest absolute Gasteiger partial charge is 0.321 e. The highest BCUT2D eigenvalue weighted by Crippen LogP contribution is 2.03. The fourth-order valence-electron chi connectivity index (χ4n) is 2.17. The Labute approximate surface area is 135 Å². The van der Waals surface area contributed by atoms with E-state index < -0.39 is 12.0 Å². The number of aliphatic carboxylic acids is 1. The fraction of sp³-hybridized carbons (Fsp3) is 0.222. The molecule has 2 aromatic carbocycles. The maximum atomic E-state index is 11.8. The third kappa shape index (κ3) is 5.92.